The summed E-state index contributed by atoms with van der Waals surface area (Å²) in [6.07, 6.45) is 0. The molecule has 0 spiro atoms. The number of Topliss-reactive ketones (excluding diaryl/α,β-unsaturated/α-hetero) is 1. The molecule has 6 rings (SSSR count). The van der Waals surface area contributed by atoms with Gasteiger partial charge >= 0.3 is 0 Å². The van der Waals surface area contributed by atoms with Crippen molar-refractivity contribution in [3.05, 3.63) is 102 Å². The number of ketones is 1. The van der Waals surface area contributed by atoms with Crippen LogP contribution in [0, 0.1) is 29.6 Å². The minimum absolute atomic E-state index is 0.0289. The van der Waals surface area contributed by atoms with Crippen molar-refractivity contribution in [3.8, 4) is 0 Å². The number of carbonyl (C=O) groups excluding carboxylic acids is 3. The summed E-state index contributed by atoms with van der Waals surface area (Å²) in [5.74, 6) is -2.02. The predicted octanol–water partition coefficient (Wildman–Crippen LogP) is 5.32. The standard InChI is InChI=1S/C30H25NO3/c1-18-12-10-11-17-21(18)31-26(32)24-25(27(31)33)30(3)23(20-15-8-5-9-16-20)22(29(24,2)28(30)34)19-13-6-4-7-14-19/h4-17,24-25H,1-3H3/t24-,25-,29+,30+/m1/s1. The van der Waals surface area contributed by atoms with Gasteiger partial charge in [-0.05, 0) is 54.7 Å². The lowest BCUT2D eigenvalue weighted by molar-refractivity contribution is -0.133. The van der Waals surface area contributed by atoms with Gasteiger partial charge in [0.15, 0.2) is 5.78 Å². The van der Waals surface area contributed by atoms with Gasteiger partial charge in [-0.3, -0.25) is 14.4 Å². The van der Waals surface area contributed by atoms with E-state index in [1.807, 2.05) is 106 Å². The molecule has 2 amide bonds. The highest BCUT2D eigenvalue weighted by Crippen LogP contribution is 2.73. The van der Waals surface area contributed by atoms with Crippen LogP contribution in [0.15, 0.2) is 84.9 Å². The highest BCUT2D eigenvalue weighted by Gasteiger charge is 2.78. The monoisotopic (exact) mass is 447 g/mol. The lowest BCUT2D eigenvalue weighted by atomic mass is 9.63. The lowest BCUT2D eigenvalue weighted by Gasteiger charge is -2.35. The summed E-state index contributed by atoms with van der Waals surface area (Å²) in [6.45, 7) is 5.66. The van der Waals surface area contributed by atoms with Crippen LogP contribution in [0.2, 0.25) is 0 Å². The first kappa shape index (κ1) is 20.8. The third-order valence-corrected chi connectivity index (χ3v) is 8.26. The second-order valence-electron chi connectivity index (χ2n) is 9.97. The van der Waals surface area contributed by atoms with Crippen LogP contribution in [0.4, 0.5) is 5.69 Å². The normalized spacial score (nSPS) is 29.9. The smallest absolute Gasteiger partial charge is 0.239 e. The van der Waals surface area contributed by atoms with E-state index >= 15 is 0 Å². The molecule has 168 valence electrons. The SMILES string of the molecule is Cc1ccccc1N1C(=O)[C@H]2[C@H](C1=O)[C@@]1(C)C(=O)[C@@]2(C)C(c2ccccc2)=C1c1ccccc1. The summed E-state index contributed by atoms with van der Waals surface area (Å²) < 4.78 is 0. The molecule has 1 aliphatic heterocycles. The predicted molar refractivity (Wildman–Crippen MR) is 132 cm³/mol. The minimum Gasteiger partial charge on any atom is -0.298 e. The maximum absolute atomic E-state index is 14.2. The first-order chi connectivity index (χ1) is 16.3. The zero-order chi connectivity index (χ0) is 23.8. The van der Waals surface area contributed by atoms with Crippen LogP contribution in [0.5, 0.6) is 0 Å². The van der Waals surface area contributed by atoms with Crippen molar-refractivity contribution in [2.75, 3.05) is 4.90 Å². The Labute approximate surface area is 198 Å². The summed E-state index contributed by atoms with van der Waals surface area (Å²) in [4.78, 5) is 43.5. The number of anilines is 1. The number of carbonyl (C=O) groups is 3. The number of fused-ring (bicyclic) bond motifs is 5. The van der Waals surface area contributed by atoms with Crippen LogP contribution >= 0.6 is 0 Å². The van der Waals surface area contributed by atoms with E-state index in [4.69, 9.17) is 0 Å². The quantitative estimate of drug-likeness (QED) is 0.511. The Morgan fingerprint density at radius 2 is 1.03 bits per heavy atom. The third-order valence-electron chi connectivity index (χ3n) is 8.26. The summed E-state index contributed by atoms with van der Waals surface area (Å²) in [5, 5.41) is 0. The molecule has 3 aromatic rings. The molecule has 1 saturated heterocycles. The van der Waals surface area contributed by atoms with E-state index in [-0.39, 0.29) is 17.6 Å². The van der Waals surface area contributed by atoms with E-state index < -0.39 is 22.7 Å². The van der Waals surface area contributed by atoms with Gasteiger partial charge in [0.25, 0.3) is 0 Å². The van der Waals surface area contributed by atoms with Gasteiger partial charge in [-0.2, -0.15) is 0 Å². The molecule has 2 aliphatic carbocycles. The maximum Gasteiger partial charge on any atom is 0.239 e. The fourth-order valence-electron chi connectivity index (χ4n) is 6.86. The van der Waals surface area contributed by atoms with Gasteiger partial charge in [0.2, 0.25) is 11.8 Å². The van der Waals surface area contributed by atoms with Crippen molar-refractivity contribution in [3.63, 3.8) is 0 Å². The number of hydrogen-bond donors (Lipinski definition) is 0. The zero-order valence-corrected chi connectivity index (χ0v) is 19.4. The molecule has 3 aromatic carbocycles. The van der Waals surface area contributed by atoms with Gasteiger partial charge in [-0.1, -0.05) is 78.9 Å². The number of amides is 2. The van der Waals surface area contributed by atoms with Crippen molar-refractivity contribution in [1.82, 2.24) is 0 Å². The highest BCUT2D eigenvalue weighted by molar-refractivity contribution is 6.34. The minimum atomic E-state index is -1.09. The highest BCUT2D eigenvalue weighted by atomic mass is 16.2. The van der Waals surface area contributed by atoms with E-state index in [1.165, 1.54) is 4.90 Å². The Balaban J connectivity index is 1.64. The van der Waals surface area contributed by atoms with E-state index in [0.717, 1.165) is 27.8 Å². The van der Waals surface area contributed by atoms with Crippen molar-refractivity contribution >= 4 is 34.4 Å². The van der Waals surface area contributed by atoms with Crippen LogP contribution in [-0.2, 0) is 14.4 Å². The van der Waals surface area contributed by atoms with Crippen molar-refractivity contribution in [1.29, 1.82) is 0 Å². The molecule has 0 N–H and O–H groups in total. The number of rotatable bonds is 3. The van der Waals surface area contributed by atoms with Crippen LogP contribution in [-0.4, -0.2) is 17.6 Å². The average Bonchev–Trinajstić information content (AvgIpc) is 3.30. The van der Waals surface area contributed by atoms with E-state index in [2.05, 4.69) is 0 Å². The summed E-state index contributed by atoms with van der Waals surface area (Å²) in [7, 11) is 0. The molecular weight excluding hydrogens is 422 g/mol. The molecule has 0 unspecified atom stereocenters. The Kier molecular flexibility index (Phi) is 4.20. The molecule has 34 heavy (non-hydrogen) atoms. The molecule has 4 atom stereocenters. The first-order valence-electron chi connectivity index (χ1n) is 11.7. The molecule has 4 nitrogen and oxygen atoms in total. The van der Waals surface area contributed by atoms with E-state index in [0.29, 0.717) is 5.69 Å². The summed E-state index contributed by atoms with van der Waals surface area (Å²) in [6, 6.07) is 27.1. The second-order valence-corrected chi connectivity index (χ2v) is 9.97. The van der Waals surface area contributed by atoms with Crippen LogP contribution in [0.25, 0.3) is 11.1 Å². The molecule has 2 fully saturated rings. The van der Waals surface area contributed by atoms with Gasteiger partial charge in [-0.25, -0.2) is 4.90 Å². The molecule has 2 bridgehead atoms. The Hall–Kier alpha value is -3.79. The second kappa shape index (κ2) is 6.86. The molecule has 1 saturated carbocycles. The fourth-order valence-corrected chi connectivity index (χ4v) is 6.86. The molecule has 3 aliphatic rings. The number of nitrogens with zero attached hydrogens (tertiary/aromatic N) is 1. The number of hydrogen-bond acceptors (Lipinski definition) is 3. The van der Waals surface area contributed by atoms with E-state index in [1.54, 1.807) is 0 Å². The number of benzene rings is 3. The Bertz CT molecular complexity index is 1320. The largest absolute Gasteiger partial charge is 0.298 e. The maximum atomic E-state index is 14.2. The lowest BCUT2D eigenvalue weighted by Crippen LogP contribution is -2.40. The zero-order valence-electron chi connectivity index (χ0n) is 19.4. The molecule has 1 heterocycles. The van der Waals surface area contributed by atoms with Crippen molar-refractivity contribution < 1.29 is 14.4 Å². The number of allylic oxidation sites excluding steroid dienone is 2. The van der Waals surface area contributed by atoms with E-state index in [9.17, 15) is 14.4 Å². The van der Waals surface area contributed by atoms with Gasteiger partial charge in [0.1, 0.15) is 0 Å². The number of imide groups is 1. The topological polar surface area (TPSA) is 54.5 Å². The average molecular weight is 448 g/mol. The number of aryl methyl sites for hydroxylation is 1. The van der Waals surface area contributed by atoms with Gasteiger partial charge in [0.05, 0.1) is 28.4 Å². The van der Waals surface area contributed by atoms with Crippen LogP contribution in [0.1, 0.15) is 30.5 Å². The fraction of sp³-hybridized carbons (Fsp3) is 0.233. The first-order valence-corrected chi connectivity index (χ1v) is 11.7. The third kappa shape index (κ3) is 2.30. The van der Waals surface area contributed by atoms with Crippen LogP contribution in [0.3, 0.4) is 0 Å². The summed E-state index contributed by atoms with van der Waals surface area (Å²) in [5.41, 5.74) is 2.89. The van der Waals surface area contributed by atoms with Crippen LogP contribution < -0.4 is 4.90 Å². The molecular formula is C30H25NO3. The molecule has 0 aromatic heterocycles. The number of para-hydroxylation sites is 1. The van der Waals surface area contributed by atoms with Gasteiger partial charge in [-0.15, -0.1) is 0 Å². The molecule has 4 heteroatoms. The Morgan fingerprint density at radius 1 is 0.618 bits per heavy atom. The van der Waals surface area contributed by atoms with Gasteiger partial charge in [0, 0.05) is 0 Å². The van der Waals surface area contributed by atoms with Crippen molar-refractivity contribution in [2.24, 2.45) is 22.7 Å². The molecule has 0 radical (unpaired) electrons. The summed E-state index contributed by atoms with van der Waals surface area (Å²) >= 11 is 0. The van der Waals surface area contributed by atoms with Crippen molar-refractivity contribution in [2.45, 2.75) is 20.8 Å². The van der Waals surface area contributed by atoms with Gasteiger partial charge < -0.3 is 0 Å². The Morgan fingerprint density at radius 3 is 1.47 bits per heavy atom.